The van der Waals surface area contributed by atoms with Gasteiger partial charge in [-0.3, -0.25) is 4.72 Å². The lowest BCUT2D eigenvalue weighted by atomic mass is 10.0. The standard InChI is InChI=1S/C23H27N3O6S/c1-33(30,31)26-20-13-17(7-10-21(20)28)22(29)14-25-18(15-27)12-16-5-8-19(9-6-16)32-23-4-2-3-11-24-23/h2-11,13,18,22,25-29H,12,14-15H2,1H3/t18-,22-/m0/s1. The maximum Gasteiger partial charge on any atom is 0.229 e. The Morgan fingerprint density at radius 1 is 1.09 bits per heavy atom. The number of aliphatic hydroxyl groups is 2. The minimum atomic E-state index is -3.58. The first kappa shape index (κ1) is 24.5. The molecule has 0 aliphatic heterocycles. The molecule has 0 spiro atoms. The Kier molecular flexibility index (Phi) is 8.23. The topological polar surface area (TPSA) is 141 Å². The van der Waals surface area contributed by atoms with Gasteiger partial charge >= 0.3 is 0 Å². The van der Waals surface area contributed by atoms with E-state index in [1.54, 1.807) is 12.3 Å². The first-order valence-electron chi connectivity index (χ1n) is 10.2. The molecule has 10 heteroatoms. The van der Waals surface area contributed by atoms with Crippen LogP contribution in [-0.2, 0) is 16.4 Å². The van der Waals surface area contributed by atoms with E-state index in [9.17, 15) is 23.7 Å². The zero-order valence-electron chi connectivity index (χ0n) is 18.0. The fourth-order valence-electron chi connectivity index (χ4n) is 3.15. The van der Waals surface area contributed by atoms with Crippen LogP contribution < -0.4 is 14.8 Å². The molecule has 0 unspecified atom stereocenters. The molecule has 9 nitrogen and oxygen atoms in total. The second-order valence-electron chi connectivity index (χ2n) is 7.57. The SMILES string of the molecule is CS(=O)(=O)Nc1cc([C@@H](O)CN[C@H](CO)Cc2ccc(Oc3ccccn3)cc2)ccc1O. The van der Waals surface area contributed by atoms with E-state index in [-0.39, 0.29) is 30.6 Å². The maximum absolute atomic E-state index is 11.4. The zero-order chi connectivity index (χ0) is 23.8. The van der Waals surface area contributed by atoms with Gasteiger partial charge in [0.25, 0.3) is 0 Å². The molecule has 1 aromatic heterocycles. The fourth-order valence-corrected chi connectivity index (χ4v) is 3.71. The van der Waals surface area contributed by atoms with E-state index in [1.807, 2.05) is 36.4 Å². The number of rotatable bonds is 11. The smallest absolute Gasteiger partial charge is 0.229 e. The van der Waals surface area contributed by atoms with Gasteiger partial charge in [0.1, 0.15) is 11.5 Å². The van der Waals surface area contributed by atoms with Crippen molar-refractivity contribution >= 4 is 15.7 Å². The summed E-state index contributed by atoms with van der Waals surface area (Å²) >= 11 is 0. The van der Waals surface area contributed by atoms with Crippen molar-refractivity contribution in [1.29, 1.82) is 0 Å². The van der Waals surface area contributed by atoms with Gasteiger partial charge in [-0.05, 0) is 47.9 Å². The maximum atomic E-state index is 11.4. The van der Waals surface area contributed by atoms with E-state index >= 15 is 0 Å². The van der Waals surface area contributed by atoms with E-state index in [1.165, 1.54) is 18.2 Å². The van der Waals surface area contributed by atoms with Crippen molar-refractivity contribution in [1.82, 2.24) is 10.3 Å². The highest BCUT2D eigenvalue weighted by Gasteiger charge is 2.15. The third kappa shape index (κ3) is 7.72. The highest BCUT2D eigenvalue weighted by atomic mass is 32.2. The number of hydrogen-bond acceptors (Lipinski definition) is 8. The molecular weight excluding hydrogens is 446 g/mol. The molecule has 3 rings (SSSR count). The molecule has 2 atom stereocenters. The van der Waals surface area contributed by atoms with Crippen LogP contribution in [0.2, 0.25) is 0 Å². The van der Waals surface area contributed by atoms with Crippen LogP contribution in [0.4, 0.5) is 5.69 Å². The molecule has 1 heterocycles. The molecule has 0 aliphatic carbocycles. The molecule has 2 aromatic carbocycles. The Labute approximate surface area is 192 Å². The number of anilines is 1. The molecule has 0 radical (unpaired) electrons. The highest BCUT2D eigenvalue weighted by Crippen LogP contribution is 2.28. The molecule has 0 saturated heterocycles. The van der Waals surface area contributed by atoms with Gasteiger partial charge in [0.05, 0.1) is 24.7 Å². The molecule has 0 aliphatic rings. The predicted molar refractivity (Wildman–Crippen MR) is 125 cm³/mol. The number of aromatic hydroxyl groups is 1. The Balaban J connectivity index is 1.56. The van der Waals surface area contributed by atoms with Gasteiger partial charge in [-0.15, -0.1) is 0 Å². The van der Waals surface area contributed by atoms with E-state index in [2.05, 4.69) is 15.0 Å². The summed E-state index contributed by atoms with van der Waals surface area (Å²) in [5.74, 6) is 0.901. The number of nitrogens with zero attached hydrogens (tertiary/aromatic N) is 1. The zero-order valence-corrected chi connectivity index (χ0v) is 18.9. The summed E-state index contributed by atoms with van der Waals surface area (Å²) in [6.07, 6.45) is 2.16. The van der Waals surface area contributed by atoms with Crippen LogP contribution in [0.5, 0.6) is 17.4 Å². The molecule has 3 aromatic rings. The first-order valence-corrected chi connectivity index (χ1v) is 12.1. The summed E-state index contributed by atoms with van der Waals surface area (Å²) in [6, 6.07) is 16.7. The van der Waals surface area contributed by atoms with Crippen molar-refractivity contribution in [2.45, 2.75) is 18.6 Å². The number of benzene rings is 2. The first-order chi connectivity index (χ1) is 15.7. The number of sulfonamides is 1. The van der Waals surface area contributed by atoms with Crippen LogP contribution >= 0.6 is 0 Å². The molecule has 176 valence electrons. The molecule has 0 bridgehead atoms. The van der Waals surface area contributed by atoms with Gasteiger partial charge in [-0.25, -0.2) is 13.4 Å². The number of nitrogens with one attached hydrogen (secondary N) is 2. The minimum Gasteiger partial charge on any atom is -0.506 e. The van der Waals surface area contributed by atoms with Gasteiger partial charge < -0.3 is 25.4 Å². The van der Waals surface area contributed by atoms with E-state index < -0.39 is 16.1 Å². The molecule has 0 fully saturated rings. The molecular formula is C23H27N3O6S. The second kappa shape index (κ2) is 11.1. The van der Waals surface area contributed by atoms with Crippen molar-refractivity contribution in [3.05, 3.63) is 78.0 Å². The van der Waals surface area contributed by atoms with E-state index in [0.717, 1.165) is 11.8 Å². The lowest BCUT2D eigenvalue weighted by molar-refractivity contribution is 0.158. The monoisotopic (exact) mass is 473 g/mol. The Morgan fingerprint density at radius 3 is 2.48 bits per heavy atom. The Hall–Kier alpha value is -3.18. The van der Waals surface area contributed by atoms with Gasteiger partial charge in [0.2, 0.25) is 15.9 Å². The summed E-state index contributed by atoms with van der Waals surface area (Å²) in [5, 5.41) is 33.2. The van der Waals surface area contributed by atoms with Crippen LogP contribution in [0.3, 0.4) is 0 Å². The summed E-state index contributed by atoms with van der Waals surface area (Å²) in [6.45, 7) is -0.0233. The van der Waals surface area contributed by atoms with Gasteiger partial charge in [-0.1, -0.05) is 24.3 Å². The molecule has 0 saturated carbocycles. The Bertz CT molecular complexity index is 1140. The summed E-state index contributed by atoms with van der Waals surface area (Å²) in [4.78, 5) is 4.11. The van der Waals surface area contributed by atoms with Crippen LogP contribution in [0.15, 0.2) is 66.9 Å². The van der Waals surface area contributed by atoms with Crippen molar-refractivity contribution in [3.8, 4) is 17.4 Å². The van der Waals surface area contributed by atoms with Crippen LogP contribution in [0.1, 0.15) is 17.2 Å². The summed E-state index contributed by atoms with van der Waals surface area (Å²) < 4.78 is 30.8. The van der Waals surface area contributed by atoms with Gasteiger partial charge in [-0.2, -0.15) is 0 Å². The number of ether oxygens (including phenoxy) is 1. The number of aliphatic hydroxyl groups excluding tert-OH is 2. The lowest BCUT2D eigenvalue weighted by Crippen LogP contribution is -2.37. The van der Waals surface area contributed by atoms with Crippen LogP contribution in [-0.4, -0.2) is 54.2 Å². The fraction of sp³-hybridized carbons (Fsp3) is 0.261. The lowest BCUT2D eigenvalue weighted by Gasteiger charge is -2.20. The number of aromatic nitrogens is 1. The van der Waals surface area contributed by atoms with Gasteiger partial charge in [0, 0.05) is 24.8 Å². The second-order valence-corrected chi connectivity index (χ2v) is 9.32. The van der Waals surface area contributed by atoms with Crippen molar-refractivity contribution < 1.29 is 28.5 Å². The van der Waals surface area contributed by atoms with E-state index in [4.69, 9.17) is 4.74 Å². The highest BCUT2D eigenvalue weighted by molar-refractivity contribution is 7.92. The third-order valence-corrected chi connectivity index (χ3v) is 5.38. The van der Waals surface area contributed by atoms with Crippen molar-refractivity contribution in [2.75, 3.05) is 24.1 Å². The third-order valence-electron chi connectivity index (χ3n) is 4.79. The molecule has 33 heavy (non-hydrogen) atoms. The normalized spacial score (nSPS) is 13.3. The van der Waals surface area contributed by atoms with Gasteiger partial charge in [0.15, 0.2) is 0 Å². The number of phenolic OH excluding ortho intramolecular Hbond substituents is 1. The van der Waals surface area contributed by atoms with Crippen molar-refractivity contribution in [2.24, 2.45) is 0 Å². The average molecular weight is 474 g/mol. The average Bonchev–Trinajstić information content (AvgIpc) is 2.79. The van der Waals surface area contributed by atoms with Crippen molar-refractivity contribution in [3.63, 3.8) is 0 Å². The van der Waals surface area contributed by atoms with Crippen LogP contribution in [0, 0.1) is 0 Å². The number of phenols is 1. The Morgan fingerprint density at radius 2 is 1.85 bits per heavy atom. The summed E-state index contributed by atoms with van der Waals surface area (Å²) in [7, 11) is -3.58. The number of hydrogen-bond donors (Lipinski definition) is 5. The molecule has 0 amide bonds. The quantitative estimate of drug-likeness (QED) is 0.267. The minimum absolute atomic E-state index is 0.0132. The largest absolute Gasteiger partial charge is 0.506 e. The number of pyridine rings is 1. The summed E-state index contributed by atoms with van der Waals surface area (Å²) in [5.41, 5.74) is 1.37. The van der Waals surface area contributed by atoms with Crippen LogP contribution in [0.25, 0.3) is 0 Å². The van der Waals surface area contributed by atoms with E-state index in [0.29, 0.717) is 23.6 Å². The predicted octanol–water partition coefficient (Wildman–Crippen LogP) is 2.18. The molecule has 5 N–H and O–H groups in total.